The van der Waals surface area contributed by atoms with E-state index in [0.29, 0.717) is 35.2 Å². The summed E-state index contributed by atoms with van der Waals surface area (Å²) in [7, 11) is 0. The van der Waals surface area contributed by atoms with E-state index >= 15 is 0 Å². The molecule has 2 heteroatoms. The molecule has 0 aromatic carbocycles. The molecule has 22 heavy (non-hydrogen) atoms. The first-order chi connectivity index (χ1) is 10.4. The van der Waals surface area contributed by atoms with E-state index in [4.69, 9.17) is 0 Å². The van der Waals surface area contributed by atoms with Gasteiger partial charge in [-0.3, -0.25) is 9.59 Å². The topological polar surface area (TPSA) is 34.1 Å². The fourth-order valence-corrected chi connectivity index (χ4v) is 6.76. The number of rotatable bonds is 0. The first-order valence-electron chi connectivity index (χ1n) is 9.14. The van der Waals surface area contributed by atoms with Crippen LogP contribution < -0.4 is 0 Å². The molecule has 0 aliphatic heterocycles. The Morgan fingerprint density at radius 2 is 1.73 bits per heavy atom. The van der Waals surface area contributed by atoms with E-state index in [1.165, 1.54) is 18.4 Å². The molecule has 0 aromatic heterocycles. The minimum Gasteiger partial charge on any atom is -0.299 e. The fourth-order valence-electron chi connectivity index (χ4n) is 6.76. The van der Waals surface area contributed by atoms with Crippen LogP contribution in [0.2, 0.25) is 0 Å². The van der Waals surface area contributed by atoms with Crippen molar-refractivity contribution in [2.45, 2.75) is 65.7 Å². The molecule has 0 saturated heterocycles. The Morgan fingerprint density at radius 3 is 2.50 bits per heavy atom. The van der Waals surface area contributed by atoms with Gasteiger partial charge in [-0.25, -0.2) is 0 Å². The van der Waals surface area contributed by atoms with Crippen molar-refractivity contribution in [3.8, 4) is 0 Å². The summed E-state index contributed by atoms with van der Waals surface area (Å²) in [4.78, 5) is 24.4. The molecule has 0 N–H and O–H groups in total. The standard InChI is InChI=1S/C20H28O2/c1-12-10-14-15-4-5-18(22)20(15,3)9-7-16(14)19(2)8-6-13(21)11-17(12)19/h11-12,14-16H,4-10H2,1-3H3/t12?,14-,15-,16-,19+,20-/m0/s1. The second-order valence-electron chi connectivity index (χ2n) is 8.92. The van der Waals surface area contributed by atoms with Crippen LogP contribution in [0.15, 0.2) is 11.6 Å². The molecule has 4 rings (SSSR count). The van der Waals surface area contributed by atoms with E-state index in [2.05, 4.69) is 20.8 Å². The molecular formula is C20H28O2. The molecule has 0 spiro atoms. The number of Topliss-reactive ketones (excluding diaryl/α,β-unsaturated/α-hetero) is 1. The van der Waals surface area contributed by atoms with Crippen molar-refractivity contribution in [1.82, 2.24) is 0 Å². The van der Waals surface area contributed by atoms with Crippen LogP contribution in [0.5, 0.6) is 0 Å². The molecule has 3 saturated carbocycles. The molecule has 3 fully saturated rings. The molecule has 0 heterocycles. The summed E-state index contributed by atoms with van der Waals surface area (Å²) >= 11 is 0. The highest BCUT2D eigenvalue weighted by Gasteiger charge is 2.59. The average molecular weight is 300 g/mol. The summed E-state index contributed by atoms with van der Waals surface area (Å²) in [6.07, 6.45) is 9.08. The van der Waals surface area contributed by atoms with Gasteiger partial charge in [0.1, 0.15) is 5.78 Å². The van der Waals surface area contributed by atoms with Crippen molar-refractivity contribution in [2.24, 2.45) is 34.5 Å². The first kappa shape index (κ1) is 14.7. The Bertz CT molecular complexity index is 574. The van der Waals surface area contributed by atoms with Gasteiger partial charge in [0.2, 0.25) is 0 Å². The zero-order chi connectivity index (χ0) is 15.7. The molecular weight excluding hydrogens is 272 g/mol. The summed E-state index contributed by atoms with van der Waals surface area (Å²) in [5.74, 6) is 3.33. The van der Waals surface area contributed by atoms with E-state index in [1.54, 1.807) is 0 Å². The predicted molar refractivity (Wildman–Crippen MR) is 86.3 cm³/mol. The van der Waals surface area contributed by atoms with Crippen molar-refractivity contribution in [3.63, 3.8) is 0 Å². The lowest BCUT2D eigenvalue weighted by atomic mass is 9.46. The van der Waals surface area contributed by atoms with Crippen LogP contribution in [0.25, 0.3) is 0 Å². The summed E-state index contributed by atoms with van der Waals surface area (Å²) in [5, 5.41) is 0. The maximum absolute atomic E-state index is 12.4. The van der Waals surface area contributed by atoms with Gasteiger partial charge < -0.3 is 0 Å². The minimum absolute atomic E-state index is 0.0387. The summed E-state index contributed by atoms with van der Waals surface area (Å²) in [5.41, 5.74) is 1.60. The number of hydrogen-bond donors (Lipinski definition) is 0. The maximum atomic E-state index is 12.4. The maximum Gasteiger partial charge on any atom is 0.155 e. The third-order valence-corrected chi connectivity index (χ3v) is 7.99. The SMILES string of the molecule is CC1C[C@@H]2[C@H](CC[C@]3(C)C(=O)CC[C@@H]23)[C@@]2(C)CCC(=O)C=C12. The number of fused-ring (bicyclic) bond motifs is 5. The monoisotopic (exact) mass is 300 g/mol. The van der Waals surface area contributed by atoms with Crippen molar-refractivity contribution in [1.29, 1.82) is 0 Å². The second kappa shape index (κ2) is 4.55. The molecule has 0 bridgehead atoms. The zero-order valence-electron chi connectivity index (χ0n) is 14.2. The van der Waals surface area contributed by atoms with Crippen LogP contribution in [-0.4, -0.2) is 11.6 Å². The zero-order valence-corrected chi connectivity index (χ0v) is 14.2. The molecule has 0 radical (unpaired) electrons. The van der Waals surface area contributed by atoms with Gasteiger partial charge in [-0.05, 0) is 67.3 Å². The molecule has 6 atom stereocenters. The lowest BCUT2D eigenvalue weighted by Gasteiger charge is -2.58. The lowest BCUT2D eigenvalue weighted by Crippen LogP contribution is -2.52. The third-order valence-electron chi connectivity index (χ3n) is 7.99. The molecule has 120 valence electrons. The summed E-state index contributed by atoms with van der Waals surface area (Å²) in [6, 6.07) is 0. The van der Waals surface area contributed by atoms with Gasteiger partial charge in [0.25, 0.3) is 0 Å². The highest BCUT2D eigenvalue weighted by Crippen LogP contribution is 2.65. The Hall–Kier alpha value is -0.920. The molecule has 0 aromatic rings. The number of carbonyl (C=O) groups is 2. The van der Waals surface area contributed by atoms with Gasteiger partial charge in [0.05, 0.1) is 0 Å². The highest BCUT2D eigenvalue weighted by molar-refractivity contribution is 5.92. The molecule has 0 amide bonds. The van der Waals surface area contributed by atoms with Crippen LogP contribution in [0.3, 0.4) is 0 Å². The van der Waals surface area contributed by atoms with Crippen LogP contribution in [0.4, 0.5) is 0 Å². The van der Waals surface area contributed by atoms with Gasteiger partial charge in [-0.2, -0.15) is 0 Å². The molecule has 4 aliphatic rings. The highest BCUT2D eigenvalue weighted by atomic mass is 16.1. The normalized spacial score (nSPS) is 51.0. The summed E-state index contributed by atoms with van der Waals surface area (Å²) < 4.78 is 0. The predicted octanol–water partition coefficient (Wildman–Crippen LogP) is 4.33. The van der Waals surface area contributed by atoms with Gasteiger partial charge in [0, 0.05) is 18.3 Å². The van der Waals surface area contributed by atoms with Gasteiger partial charge in [-0.15, -0.1) is 0 Å². The van der Waals surface area contributed by atoms with Gasteiger partial charge in [0.15, 0.2) is 5.78 Å². The van der Waals surface area contributed by atoms with E-state index in [1.807, 2.05) is 6.08 Å². The van der Waals surface area contributed by atoms with Gasteiger partial charge >= 0.3 is 0 Å². The number of carbonyl (C=O) groups excluding carboxylic acids is 2. The summed E-state index contributed by atoms with van der Waals surface area (Å²) in [6.45, 7) is 6.96. The number of hydrogen-bond acceptors (Lipinski definition) is 2. The van der Waals surface area contributed by atoms with Crippen LogP contribution in [0, 0.1) is 34.5 Å². The van der Waals surface area contributed by atoms with Crippen LogP contribution in [-0.2, 0) is 9.59 Å². The van der Waals surface area contributed by atoms with Gasteiger partial charge in [-0.1, -0.05) is 26.3 Å². The van der Waals surface area contributed by atoms with E-state index in [9.17, 15) is 9.59 Å². The molecule has 1 unspecified atom stereocenters. The smallest absolute Gasteiger partial charge is 0.155 e. The molecule has 4 aliphatic carbocycles. The Balaban J connectivity index is 1.74. The van der Waals surface area contributed by atoms with Crippen molar-refractivity contribution in [2.75, 3.05) is 0 Å². The van der Waals surface area contributed by atoms with E-state index in [-0.39, 0.29) is 10.8 Å². The number of allylic oxidation sites excluding steroid dienone is 1. The molecule has 2 nitrogen and oxygen atoms in total. The van der Waals surface area contributed by atoms with Crippen molar-refractivity contribution >= 4 is 11.6 Å². The third kappa shape index (κ3) is 1.73. The fraction of sp³-hybridized carbons (Fsp3) is 0.800. The second-order valence-corrected chi connectivity index (χ2v) is 8.92. The van der Waals surface area contributed by atoms with Crippen molar-refractivity contribution in [3.05, 3.63) is 11.6 Å². The first-order valence-corrected chi connectivity index (χ1v) is 9.14. The Labute approximate surface area is 133 Å². The lowest BCUT2D eigenvalue weighted by molar-refractivity contribution is -0.133. The van der Waals surface area contributed by atoms with Crippen LogP contribution in [0.1, 0.15) is 65.7 Å². The number of ketones is 2. The Morgan fingerprint density at radius 1 is 1.00 bits per heavy atom. The Kier molecular flexibility index (Phi) is 3.03. The van der Waals surface area contributed by atoms with E-state index < -0.39 is 0 Å². The quantitative estimate of drug-likeness (QED) is 0.667. The van der Waals surface area contributed by atoms with Crippen molar-refractivity contribution < 1.29 is 9.59 Å². The van der Waals surface area contributed by atoms with E-state index in [0.717, 1.165) is 32.1 Å². The average Bonchev–Trinajstić information content (AvgIpc) is 2.77. The van der Waals surface area contributed by atoms with Crippen LogP contribution >= 0.6 is 0 Å². The minimum atomic E-state index is -0.0387. The largest absolute Gasteiger partial charge is 0.299 e.